The normalized spacial score (nSPS) is 16.9. The number of nitrogens with zero attached hydrogens (tertiary/aromatic N) is 2. The predicted molar refractivity (Wildman–Crippen MR) is 109 cm³/mol. The van der Waals surface area contributed by atoms with Gasteiger partial charge in [-0.05, 0) is 42.5 Å². The fraction of sp³-hybridized carbons (Fsp3) is 0.350. The monoisotopic (exact) mass is 417 g/mol. The largest absolute Gasteiger partial charge is 0.322 e. The number of amides is 1. The number of hydrogen-bond donors (Lipinski definition) is 1. The number of benzene rings is 2. The SMILES string of the molecule is CC1(C)CCN(S(=O)(=O)c2cccc(NC(=O)c3cccc([N+](=O)[O-])c3)c2)CC1. The molecule has 2 aromatic rings. The molecule has 3 rings (SSSR count). The zero-order chi connectivity index (χ0) is 21.2. The van der Waals surface area contributed by atoms with Crippen LogP contribution in [0.1, 0.15) is 37.0 Å². The van der Waals surface area contributed by atoms with Gasteiger partial charge >= 0.3 is 0 Å². The van der Waals surface area contributed by atoms with Crippen LogP contribution in [0.15, 0.2) is 53.4 Å². The number of nitro groups is 1. The van der Waals surface area contributed by atoms with Crippen molar-refractivity contribution in [2.24, 2.45) is 5.41 Å². The molecule has 0 atom stereocenters. The Labute approximate surface area is 169 Å². The highest BCUT2D eigenvalue weighted by Gasteiger charge is 2.32. The lowest BCUT2D eigenvalue weighted by Gasteiger charge is -2.36. The van der Waals surface area contributed by atoms with Crippen molar-refractivity contribution < 1.29 is 18.1 Å². The van der Waals surface area contributed by atoms with Crippen LogP contribution in [0.5, 0.6) is 0 Å². The quantitative estimate of drug-likeness (QED) is 0.590. The number of rotatable bonds is 5. The highest BCUT2D eigenvalue weighted by Crippen LogP contribution is 2.32. The van der Waals surface area contributed by atoms with E-state index in [1.165, 1.54) is 40.7 Å². The average molecular weight is 417 g/mol. The number of hydrogen-bond acceptors (Lipinski definition) is 5. The summed E-state index contributed by atoms with van der Waals surface area (Å²) in [6.07, 6.45) is 1.57. The van der Waals surface area contributed by atoms with Crippen LogP contribution in [0.4, 0.5) is 11.4 Å². The Morgan fingerprint density at radius 2 is 1.76 bits per heavy atom. The van der Waals surface area contributed by atoms with Gasteiger partial charge in [-0.25, -0.2) is 8.42 Å². The lowest BCUT2D eigenvalue weighted by Crippen LogP contribution is -2.41. The molecule has 29 heavy (non-hydrogen) atoms. The minimum atomic E-state index is -3.66. The van der Waals surface area contributed by atoms with Gasteiger partial charge in [0.05, 0.1) is 9.82 Å². The lowest BCUT2D eigenvalue weighted by molar-refractivity contribution is -0.384. The first-order valence-electron chi connectivity index (χ1n) is 9.25. The van der Waals surface area contributed by atoms with Crippen molar-refractivity contribution in [3.63, 3.8) is 0 Å². The zero-order valence-electron chi connectivity index (χ0n) is 16.3. The van der Waals surface area contributed by atoms with E-state index in [9.17, 15) is 23.3 Å². The third-order valence-corrected chi connectivity index (χ3v) is 7.02. The molecule has 1 N–H and O–H groups in total. The van der Waals surface area contributed by atoms with Crippen LogP contribution in [0.3, 0.4) is 0 Å². The van der Waals surface area contributed by atoms with Gasteiger partial charge in [-0.2, -0.15) is 4.31 Å². The van der Waals surface area contributed by atoms with Crippen molar-refractivity contribution in [2.75, 3.05) is 18.4 Å². The predicted octanol–water partition coefficient (Wildman–Crippen LogP) is 3.66. The summed E-state index contributed by atoms with van der Waals surface area (Å²) in [5, 5.41) is 13.5. The highest BCUT2D eigenvalue weighted by atomic mass is 32.2. The molecular formula is C20H23N3O5S. The number of piperidine rings is 1. The molecule has 8 nitrogen and oxygen atoms in total. The number of non-ortho nitro benzene ring substituents is 1. The number of nitrogens with one attached hydrogen (secondary N) is 1. The van der Waals surface area contributed by atoms with E-state index in [4.69, 9.17) is 0 Å². The van der Waals surface area contributed by atoms with Crippen molar-refractivity contribution in [2.45, 2.75) is 31.6 Å². The summed E-state index contributed by atoms with van der Waals surface area (Å²) in [6, 6.07) is 11.4. The molecule has 0 saturated carbocycles. The number of carbonyl (C=O) groups is 1. The Morgan fingerprint density at radius 1 is 1.10 bits per heavy atom. The summed E-state index contributed by atoms with van der Waals surface area (Å²) < 4.78 is 27.4. The summed E-state index contributed by atoms with van der Waals surface area (Å²) in [5.74, 6) is -0.553. The van der Waals surface area contributed by atoms with Gasteiger partial charge in [-0.3, -0.25) is 14.9 Å². The Bertz CT molecular complexity index is 1040. The second-order valence-corrected chi connectivity index (χ2v) is 9.80. The van der Waals surface area contributed by atoms with E-state index < -0.39 is 20.9 Å². The molecule has 1 aliphatic heterocycles. The maximum atomic E-state index is 13.0. The van der Waals surface area contributed by atoms with Gasteiger partial charge in [0, 0.05) is 36.5 Å². The van der Waals surface area contributed by atoms with Gasteiger partial charge in [-0.15, -0.1) is 0 Å². The third-order valence-electron chi connectivity index (χ3n) is 5.12. The number of carbonyl (C=O) groups excluding carboxylic acids is 1. The fourth-order valence-electron chi connectivity index (χ4n) is 3.18. The topological polar surface area (TPSA) is 110 Å². The second kappa shape index (κ2) is 7.92. The molecule has 154 valence electrons. The third kappa shape index (κ3) is 4.80. The molecular weight excluding hydrogens is 394 g/mol. The number of anilines is 1. The highest BCUT2D eigenvalue weighted by molar-refractivity contribution is 7.89. The Balaban J connectivity index is 1.78. The first kappa shape index (κ1) is 20.9. The Kier molecular flexibility index (Phi) is 5.72. The van der Waals surface area contributed by atoms with Gasteiger partial charge < -0.3 is 5.32 Å². The summed E-state index contributed by atoms with van der Waals surface area (Å²) in [6.45, 7) is 5.17. The molecule has 1 fully saturated rings. The van der Waals surface area contributed by atoms with Crippen LogP contribution in [0.2, 0.25) is 0 Å². The van der Waals surface area contributed by atoms with E-state index >= 15 is 0 Å². The molecule has 0 spiro atoms. The number of sulfonamides is 1. The van der Waals surface area contributed by atoms with Gasteiger partial charge in [-0.1, -0.05) is 26.0 Å². The van der Waals surface area contributed by atoms with Crippen LogP contribution in [0.25, 0.3) is 0 Å². The van der Waals surface area contributed by atoms with Crippen molar-refractivity contribution in [1.29, 1.82) is 0 Å². The zero-order valence-corrected chi connectivity index (χ0v) is 17.1. The Morgan fingerprint density at radius 3 is 2.41 bits per heavy atom. The van der Waals surface area contributed by atoms with Gasteiger partial charge in [0.2, 0.25) is 10.0 Å². The lowest BCUT2D eigenvalue weighted by atomic mass is 9.83. The molecule has 0 radical (unpaired) electrons. The van der Waals surface area contributed by atoms with Crippen molar-refractivity contribution in [3.8, 4) is 0 Å². The molecule has 1 aliphatic rings. The van der Waals surface area contributed by atoms with E-state index in [0.29, 0.717) is 18.8 Å². The molecule has 1 heterocycles. The summed E-state index contributed by atoms with van der Waals surface area (Å²) in [5.41, 5.74) is 0.354. The second-order valence-electron chi connectivity index (χ2n) is 7.86. The van der Waals surface area contributed by atoms with Crippen molar-refractivity contribution in [3.05, 3.63) is 64.2 Å². The molecule has 0 aliphatic carbocycles. The summed E-state index contributed by atoms with van der Waals surface area (Å²) >= 11 is 0. The molecule has 1 amide bonds. The first-order valence-corrected chi connectivity index (χ1v) is 10.7. The number of nitro benzene ring substituents is 1. The maximum Gasteiger partial charge on any atom is 0.270 e. The maximum absolute atomic E-state index is 13.0. The Hall–Kier alpha value is -2.78. The van der Waals surface area contributed by atoms with E-state index in [0.717, 1.165) is 12.8 Å². The van der Waals surface area contributed by atoms with Gasteiger partial charge in [0.15, 0.2) is 0 Å². The van der Waals surface area contributed by atoms with Gasteiger partial charge in [0.1, 0.15) is 0 Å². The molecule has 9 heteroatoms. The van der Waals surface area contributed by atoms with Crippen molar-refractivity contribution >= 4 is 27.3 Å². The standard InChI is InChI=1S/C20H23N3O5S/c1-20(2)9-11-22(12-10-20)29(27,28)18-8-4-6-16(14-18)21-19(24)15-5-3-7-17(13-15)23(25)26/h3-8,13-14H,9-12H2,1-2H3,(H,21,24). The summed E-state index contributed by atoms with van der Waals surface area (Å²) in [7, 11) is -3.66. The van der Waals surface area contributed by atoms with Crippen LogP contribution in [-0.2, 0) is 10.0 Å². The first-order chi connectivity index (χ1) is 13.6. The van der Waals surface area contributed by atoms with E-state index in [1.54, 1.807) is 12.1 Å². The smallest absolute Gasteiger partial charge is 0.270 e. The molecule has 0 bridgehead atoms. The average Bonchev–Trinajstić information content (AvgIpc) is 2.68. The molecule has 0 aromatic heterocycles. The van der Waals surface area contributed by atoms with Gasteiger partial charge in [0.25, 0.3) is 11.6 Å². The van der Waals surface area contributed by atoms with Crippen LogP contribution >= 0.6 is 0 Å². The molecule has 2 aromatic carbocycles. The van der Waals surface area contributed by atoms with Crippen molar-refractivity contribution in [1.82, 2.24) is 4.31 Å². The van der Waals surface area contributed by atoms with Crippen LogP contribution < -0.4 is 5.32 Å². The minimum Gasteiger partial charge on any atom is -0.322 e. The van der Waals surface area contributed by atoms with E-state index in [-0.39, 0.29) is 21.6 Å². The fourth-order valence-corrected chi connectivity index (χ4v) is 4.67. The molecule has 0 unspecified atom stereocenters. The molecule has 1 saturated heterocycles. The van der Waals surface area contributed by atoms with E-state index in [1.807, 2.05) is 0 Å². The van der Waals surface area contributed by atoms with E-state index in [2.05, 4.69) is 19.2 Å². The minimum absolute atomic E-state index is 0.106. The summed E-state index contributed by atoms with van der Waals surface area (Å²) in [4.78, 5) is 22.8. The van der Waals surface area contributed by atoms with Crippen LogP contribution in [-0.4, -0.2) is 36.6 Å². The van der Waals surface area contributed by atoms with Crippen LogP contribution in [0, 0.1) is 15.5 Å².